The molecule has 2 unspecified atom stereocenters. The third-order valence-electron chi connectivity index (χ3n) is 4.67. The van der Waals surface area contributed by atoms with E-state index < -0.39 is 22.0 Å². The van der Waals surface area contributed by atoms with Crippen molar-refractivity contribution in [1.29, 1.82) is 0 Å². The summed E-state index contributed by atoms with van der Waals surface area (Å²) < 4.78 is 41.4. The van der Waals surface area contributed by atoms with E-state index in [2.05, 4.69) is 15.9 Å². The Morgan fingerprint density at radius 3 is 2.63 bits per heavy atom. The number of para-hydroxylation sites is 2. The number of rotatable bonds is 4. The lowest BCUT2D eigenvalue weighted by atomic mass is 10.1. The van der Waals surface area contributed by atoms with Gasteiger partial charge in [0, 0.05) is 6.04 Å². The first-order valence-corrected chi connectivity index (χ1v) is 11.2. The Balaban J connectivity index is 1.57. The van der Waals surface area contributed by atoms with E-state index in [1.165, 1.54) is 4.90 Å². The van der Waals surface area contributed by atoms with Crippen LogP contribution in [0.2, 0.25) is 0 Å². The van der Waals surface area contributed by atoms with Crippen LogP contribution in [0.5, 0.6) is 11.5 Å². The Kier molecular flexibility index (Phi) is 4.90. The molecule has 1 saturated heterocycles. The molecular weight excluding hydrogens is 438 g/mol. The minimum absolute atomic E-state index is 0.0508. The smallest absolute Gasteiger partial charge is 0.267 e. The summed E-state index contributed by atoms with van der Waals surface area (Å²) in [6.45, 7) is 0.250. The molecule has 1 aromatic heterocycles. The first-order chi connectivity index (χ1) is 12.9. The summed E-state index contributed by atoms with van der Waals surface area (Å²) in [5.74, 6) is 1.38. The second-order valence-corrected chi connectivity index (χ2v) is 9.60. The zero-order valence-corrected chi connectivity index (χ0v) is 16.7. The standard InChI is InChI=1S/C18H18BrNO6S/c19-17-6-5-13(25-17)9-20(12-7-8-27(22,23)11-12)18(21)16-10-24-14-3-1-2-4-15(14)26-16/h1-6,12,16H,7-11H2. The van der Waals surface area contributed by atoms with Gasteiger partial charge in [0.05, 0.1) is 18.1 Å². The monoisotopic (exact) mass is 455 g/mol. The minimum Gasteiger partial charge on any atom is -0.485 e. The summed E-state index contributed by atoms with van der Waals surface area (Å²) in [5.41, 5.74) is 0. The average molecular weight is 456 g/mol. The molecule has 0 saturated carbocycles. The highest BCUT2D eigenvalue weighted by molar-refractivity contribution is 9.10. The van der Waals surface area contributed by atoms with E-state index >= 15 is 0 Å². The summed E-state index contributed by atoms with van der Waals surface area (Å²) in [7, 11) is -3.15. The summed E-state index contributed by atoms with van der Waals surface area (Å²) >= 11 is 3.24. The van der Waals surface area contributed by atoms with Gasteiger partial charge in [0.2, 0.25) is 6.10 Å². The van der Waals surface area contributed by atoms with Gasteiger partial charge in [0.1, 0.15) is 12.4 Å². The fourth-order valence-electron chi connectivity index (χ4n) is 3.34. The second-order valence-electron chi connectivity index (χ2n) is 6.59. The topological polar surface area (TPSA) is 86.1 Å². The largest absolute Gasteiger partial charge is 0.485 e. The maximum absolute atomic E-state index is 13.2. The highest BCUT2D eigenvalue weighted by atomic mass is 79.9. The van der Waals surface area contributed by atoms with E-state index in [0.29, 0.717) is 28.3 Å². The van der Waals surface area contributed by atoms with Gasteiger partial charge in [-0.3, -0.25) is 4.79 Å². The van der Waals surface area contributed by atoms with Crippen molar-refractivity contribution in [2.24, 2.45) is 0 Å². The van der Waals surface area contributed by atoms with Crippen molar-refractivity contribution in [3.63, 3.8) is 0 Å². The molecule has 2 aromatic rings. The summed E-state index contributed by atoms with van der Waals surface area (Å²) in [6, 6.07) is 10.2. The number of carbonyl (C=O) groups is 1. The fourth-order valence-corrected chi connectivity index (χ4v) is 5.41. The van der Waals surface area contributed by atoms with Gasteiger partial charge < -0.3 is 18.8 Å². The number of hydrogen-bond acceptors (Lipinski definition) is 6. The van der Waals surface area contributed by atoms with Gasteiger partial charge in [-0.05, 0) is 46.6 Å². The molecule has 0 N–H and O–H groups in total. The molecular formula is C18H18BrNO6S. The molecule has 2 atom stereocenters. The predicted molar refractivity (Wildman–Crippen MR) is 100 cm³/mol. The molecule has 9 heteroatoms. The van der Waals surface area contributed by atoms with E-state index in [1.807, 2.05) is 6.07 Å². The number of fused-ring (bicyclic) bond motifs is 1. The molecule has 4 rings (SSSR count). The maximum Gasteiger partial charge on any atom is 0.267 e. The van der Waals surface area contributed by atoms with Crippen molar-refractivity contribution in [3.05, 3.63) is 46.8 Å². The summed E-state index contributed by atoms with van der Waals surface area (Å²) in [4.78, 5) is 14.7. The van der Waals surface area contributed by atoms with Crippen molar-refractivity contribution in [2.75, 3.05) is 18.1 Å². The number of ether oxygens (including phenoxy) is 2. The third-order valence-corrected chi connectivity index (χ3v) is 6.85. The SMILES string of the molecule is O=C(C1COc2ccccc2O1)N(Cc1ccc(Br)o1)C1CCS(=O)(=O)C1. The molecule has 27 heavy (non-hydrogen) atoms. The summed E-state index contributed by atoms with van der Waals surface area (Å²) in [6.07, 6.45) is -0.429. The zero-order chi connectivity index (χ0) is 19.0. The third kappa shape index (κ3) is 3.98. The normalized spacial score (nSPS) is 23.1. The van der Waals surface area contributed by atoms with Gasteiger partial charge in [-0.25, -0.2) is 8.42 Å². The second kappa shape index (κ2) is 7.20. The Labute approximate surface area is 165 Å². The van der Waals surface area contributed by atoms with Crippen LogP contribution in [0.15, 0.2) is 45.5 Å². The van der Waals surface area contributed by atoms with E-state index in [4.69, 9.17) is 13.9 Å². The van der Waals surface area contributed by atoms with Gasteiger partial charge in [-0.1, -0.05) is 12.1 Å². The minimum atomic E-state index is -3.15. The quantitative estimate of drug-likeness (QED) is 0.703. The molecule has 1 amide bonds. The number of nitrogens with zero attached hydrogens (tertiary/aromatic N) is 1. The van der Waals surface area contributed by atoms with Crippen LogP contribution >= 0.6 is 15.9 Å². The summed E-state index contributed by atoms with van der Waals surface area (Å²) in [5, 5.41) is 0. The van der Waals surface area contributed by atoms with Crippen LogP contribution in [-0.2, 0) is 21.2 Å². The van der Waals surface area contributed by atoms with Crippen LogP contribution < -0.4 is 9.47 Å². The van der Waals surface area contributed by atoms with Crippen LogP contribution in [-0.4, -0.2) is 49.5 Å². The van der Waals surface area contributed by atoms with Crippen molar-refractivity contribution >= 4 is 31.7 Å². The molecule has 0 bridgehead atoms. The molecule has 0 spiro atoms. The molecule has 144 valence electrons. The highest BCUT2D eigenvalue weighted by Gasteiger charge is 2.39. The van der Waals surface area contributed by atoms with E-state index in [9.17, 15) is 13.2 Å². The highest BCUT2D eigenvalue weighted by Crippen LogP contribution is 2.32. The molecule has 0 aliphatic carbocycles. The number of sulfone groups is 1. The molecule has 2 aliphatic heterocycles. The predicted octanol–water partition coefficient (Wildman–Crippen LogP) is 2.40. The number of halogens is 1. The van der Waals surface area contributed by atoms with Crippen LogP contribution in [0, 0.1) is 0 Å². The first kappa shape index (κ1) is 18.4. The number of benzene rings is 1. The maximum atomic E-state index is 13.2. The van der Waals surface area contributed by atoms with Gasteiger partial charge in [0.25, 0.3) is 5.91 Å². The van der Waals surface area contributed by atoms with Crippen molar-refractivity contribution in [3.8, 4) is 11.5 Å². The van der Waals surface area contributed by atoms with Crippen molar-refractivity contribution in [1.82, 2.24) is 4.90 Å². The number of furan rings is 1. The molecule has 2 aliphatic rings. The lowest BCUT2D eigenvalue weighted by molar-refractivity contribution is -0.144. The van der Waals surface area contributed by atoms with Crippen LogP contribution in [0.4, 0.5) is 0 Å². The first-order valence-electron chi connectivity index (χ1n) is 8.55. The zero-order valence-electron chi connectivity index (χ0n) is 14.3. The van der Waals surface area contributed by atoms with Gasteiger partial charge in [-0.2, -0.15) is 0 Å². The Hall–Kier alpha value is -2.00. The number of amides is 1. The fraction of sp³-hybridized carbons (Fsp3) is 0.389. The molecule has 0 radical (unpaired) electrons. The van der Waals surface area contributed by atoms with E-state index in [1.54, 1.807) is 30.3 Å². The van der Waals surface area contributed by atoms with Crippen LogP contribution in [0.25, 0.3) is 0 Å². The molecule has 1 aromatic carbocycles. The van der Waals surface area contributed by atoms with Gasteiger partial charge >= 0.3 is 0 Å². The Morgan fingerprint density at radius 1 is 1.19 bits per heavy atom. The van der Waals surface area contributed by atoms with E-state index in [0.717, 1.165) is 0 Å². The van der Waals surface area contributed by atoms with Crippen molar-refractivity contribution < 1.29 is 27.1 Å². The van der Waals surface area contributed by atoms with E-state index in [-0.39, 0.29) is 30.6 Å². The van der Waals surface area contributed by atoms with Crippen LogP contribution in [0.1, 0.15) is 12.2 Å². The van der Waals surface area contributed by atoms with Crippen LogP contribution in [0.3, 0.4) is 0 Å². The lowest BCUT2D eigenvalue weighted by Crippen LogP contribution is -2.50. The van der Waals surface area contributed by atoms with Crippen molar-refractivity contribution in [2.45, 2.75) is 25.1 Å². The molecule has 1 fully saturated rings. The number of carbonyl (C=O) groups excluding carboxylic acids is 1. The molecule has 3 heterocycles. The molecule has 7 nitrogen and oxygen atoms in total. The Bertz CT molecular complexity index is 956. The lowest BCUT2D eigenvalue weighted by Gasteiger charge is -2.33. The van der Waals surface area contributed by atoms with Gasteiger partial charge in [0.15, 0.2) is 26.0 Å². The average Bonchev–Trinajstić information content (AvgIpc) is 3.23. The van der Waals surface area contributed by atoms with Gasteiger partial charge in [-0.15, -0.1) is 0 Å². The Morgan fingerprint density at radius 2 is 1.96 bits per heavy atom. The number of hydrogen-bond donors (Lipinski definition) is 0.